The Morgan fingerprint density at radius 1 is 0.968 bits per heavy atom. The van der Waals surface area contributed by atoms with E-state index in [4.69, 9.17) is 26.1 Å². The highest BCUT2D eigenvalue weighted by Crippen LogP contribution is 2.27. The second kappa shape index (κ2) is 9.88. The number of halogens is 1. The van der Waals surface area contributed by atoms with E-state index in [1.54, 1.807) is 0 Å². The molecule has 1 aromatic heterocycles. The molecule has 0 saturated heterocycles. The average Bonchev–Trinajstić information content (AvgIpc) is 3.14. The topological polar surface area (TPSA) is 36.3 Å². The molecule has 0 amide bonds. The quantitative estimate of drug-likeness (QED) is 0.266. The van der Waals surface area contributed by atoms with Crippen LogP contribution in [-0.2, 0) is 6.54 Å². The Bertz CT molecular complexity index is 1160. The molecule has 0 spiro atoms. The Balaban J connectivity index is 1.44. The van der Waals surface area contributed by atoms with Gasteiger partial charge in [0, 0.05) is 6.54 Å². The summed E-state index contributed by atoms with van der Waals surface area (Å²) in [7, 11) is 0. The van der Waals surface area contributed by atoms with Gasteiger partial charge in [0.15, 0.2) is 11.9 Å². The molecule has 5 heteroatoms. The Morgan fingerprint density at radius 2 is 1.77 bits per heavy atom. The number of hydrogen-bond donors (Lipinski definition) is 0. The van der Waals surface area contributed by atoms with Crippen LogP contribution in [0.4, 0.5) is 0 Å². The van der Waals surface area contributed by atoms with Crippen LogP contribution in [0, 0.1) is 6.92 Å². The summed E-state index contributed by atoms with van der Waals surface area (Å²) in [5.74, 6) is 2.53. The van der Waals surface area contributed by atoms with Crippen molar-refractivity contribution in [1.82, 2.24) is 9.55 Å². The number of fused-ring (bicyclic) bond motifs is 1. The number of unbranched alkanes of at least 4 members (excludes halogenated alkanes) is 1. The van der Waals surface area contributed by atoms with Gasteiger partial charge in [-0.1, -0.05) is 48.0 Å². The minimum atomic E-state index is -0.159. The fourth-order valence-corrected chi connectivity index (χ4v) is 3.89. The molecule has 0 aliphatic carbocycles. The van der Waals surface area contributed by atoms with Gasteiger partial charge in [-0.3, -0.25) is 0 Å². The van der Waals surface area contributed by atoms with E-state index in [-0.39, 0.29) is 6.10 Å². The maximum absolute atomic E-state index is 6.23. The van der Waals surface area contributed by atoms with Crippen molar-refractivity contribution in [3.05, 3.63) is 89.2 Å². The number of ether oxygens (including phenoxy) is 2. The second-order valence-electron chi connectivity index (χ2n) is 7.67. The molecule has 4 rings (SSSR count). The van der Waals surface area contributed by atoms with Crippen LogP contribution < -0.4 is 9.47 Å². The number of nitrogens with zero attached hydrogens (tertiary/aromatic N) is 2. The maximum Gasteiger partial charge on any atom is 0.153 e. The molecule has 4 nitrogen and oxygen atoms in total. The van der Waals surface area contributed by atoms with Crippen molar-refractivity contribution in [2.75, 3.05) is 6.61 Å². The first-order chi connectivity index (χ1) is 15.1. The summed E-state index contributed by atoms with van der Waals surface area (Å²) < 4.78 is 14.3. The molecule has 1 atom stereocenters. The van der Waals surface area contributed by atoms with Crippen molar-refractivity contribution >= 4 is 22.6 Å². The summed E-state index contributed by atoms with van der Waals surface area (Å²) in [5, 5.41) is 0.646. The zero-order valence-corrected chi connectivity index (χ0v) is 18.7. The van der Waals surface area contributed by atoms with Gasteiger partial charge in [0.1, 0.15) is 11.5 Å². The summed E-state index contributed by atoms with van der Waals surface area (Å²) in [6, 6.07) is 23.9. The molecule has 3 aromatic carbocycles. The molecule has 0 fully saturated rings. The fourth-order valence-electron chi connectivity index (χ4n) is 3.70. The summed E-state index contributed by atoms with van der Waals surface area (Å²) in [6.07, 6.45) is 1.73. The predicted molar refractivity (Wildman–Crippen MR) is 126 cm³/mol. The van der Waals surface area contributed by atoms with Crippen LogP contribution in [0.25, 0.3) is 11.0 Å². The highest BCUT2D eigenvalue weighted by molar-refractivity contribution is 6.32. The van der Waals surface area contributed by atoms with Gasteiger partial charge >= 0.3 is 0 Å². The molecular weight excluding hydrogens is 408 g/mol. The zero-order chi connectivity index (χ0) is 21.6. The minimum absolute atomic E-state index is 0.159. The van der Waals surface area contributed by atoms with Crippen LogP contribution in [0.15, 0.2) is 72.8 Å². The van der Waals surface area contributed by atoms with E-state index in [2.05, 4.69) is 48.7 Å². The molecule has 160 valence electrons. The van der Waals surface area contributed by atoms with E-state index >= 15 is 0 Å². The number of benzene rings is 3. The molecule has 0 N–H and O–H groups in total. The van der Waals surface area contributed by atoms with Gasteiger partial charge in [-0.05, 0) is 68.7 Å². The van der Waals surface area contributed by atoms with E-state index in [0.717, 1.165) is 47.7 Å². The lowest BCUT2D eigenvalue weighted by atomic mass is 10.2. The number of aryl methyl sites for hydroxylation is 2. The lowest BCUT2D eigenvalue weighted by Crippen LogP contribution is -2.13. The number of para-hydroxylation sites is 3. The first-order valence-electron chi connectivity index (χ1n) is 10.7. The molecule has 1 heterocycles. The van der Waals surface area contributed by atoms with Gasteiger partial charge in [-0.15, -0.1) is 0 Å². The Labute approximate surface area is 188 Å². The van der Waals surface area contributed by atoms with E-state index in [9.17, 15) is 0 Å². The Kier molecular flexibility index (Phi) is 6.78. The second-order valence-corrected chi connectivity index (χ2v) is 8.08. The summed E-state index contributed by atoms with van der Waals surface area (Å²) in [4.78, 5) is 4.88. The predicted octanol–water partition coefficient (Wildman–Crippen LogP) is 7.00. The Hall–Kier alpha value is -2.98. The number of rotatable bonds is 9. The first-order valence-corrected chi connectivity index (χ1v) is 11.1. The summed E-state index contributed by atoms with van der Waals surface area (Å²) in [6.45, 7) is 5.60. The van der Waals surface area contributed by atoms with E-state index < -0.39 is 0 Å². The standard InChI is InChI=1S/C26H27ClN2O2/c1-19-10-9-11-21(18-19)31-20(2)26-28-23-13-4-5-14-24(23)29(26)16-7-8-17-30-25-15-6-3-12-22(25)27/h3-6,9-15,18,20H,7-8,16-17H2,1-2H3. The minimum Gasteiger partial charge on any atom is -0.492 e. The van der Waals surface area contributed by atoms with Gasteiger partial charge in [0.05, 0.1) is 22.7 Å². The molecule has 0 saturated carbocycles. The zero-order valence-electron chi connectivity index (χ0n) is 17.9. The third-order valence-electron chi connectivity index (χ3n) is 5.22. The lowest BCUT2D eigenvalue weighted by molar-refractivity contribution is 0.210. The molecule has 0 bridgehead atoms. The molecule has 0 radical (unpaired) electrons. The van der Waals surface area contributed by atoms with Crippen LogP contribution in [0.5, 0.6) is 11.5 Å². The van der Waals surface area contributed by atoms with Crippen molar-refractivity contribution in [2.45, 2.75) is 39.3 Å². The molecule has 1 unspecified atom stereocenters. The van der Waals surface area contributed by atoms with Gasteiger partial charge in [0.2, 0.25) is 0 Å². The molecule has 0 aliphatic heterocycles. The normalized spacial score (nSPS) is 12.1. The third-order valence-corrected chi connectivity index (χ3v) is 5.53. The summed E-state index contributed by atoms with van der Waals surface area (Å²) >= 11 is 6.16. The van der Waals surface area contributed by atoms with Crippen LogP contribution in [0.3, 0.4) is 0 Å². The highest BCUT2D eigenvalue weighted by atomic mass is 35.5. The van der Waals surface area contributed by atoms with Gasteiger partial charge < -0.3 is 14.0 Å². The van der Waals surface area contributed by atoms with Gasteiger partial charge in [0.25, 0.3) is 0 Å². The average molecular weight is 435 g/mol. The largest absolute Gasteiger partial charge is 0.492 e. The molecule has 0 aliphatic rings. The van der Waals surface area contributed by atoms with E-state index in [0.29, 0.717) is 11.6 Å². The number of aromatic nitrogens is 2. The number of imidazole rings is 1. The van der Waals surface area contributed by atoms with Crippen LogP contribution in [0.2, 0.25) is 5.02 Å². The molecular formula is C26H27ClN2O2. The fraction of sp³-hybridized carbons (Fsp3) is 0.269. The van der Waals surface area contributed by atoms with Crippen molar-refractivity contribution in [3.8, 4) is 11.5 Å². The van der Waals surface area contributed by atoms with E-state index in [1.165, 1.54) is 5.56 Å². The van der Waals surface area contributed by atoms with Crippen molar-refractivity contribution in [1.29, 1.82) is 0 Å². The monoisotopic (exact) mass is 434 g/mol. The Morgan fingerprint density at radius 3 is 2.61 bits per heavy atom. The van der Waals surface area contributed by atoms with Gasteiger partial charge in [-0.25, -0.2) is 4.98 Å². The SMILES string of the molecule is Cc1cccc(OC(C)c2nc3ccccc3n2CCCCOc2ccccc2Cl)c1. The van der Waals surface area contributed by atoms with Gasteiger partial charge in [-0.2, -0.15) is 0 Å². The van der Waals surface area contributed by atoms with Crippen molar-refractivity contribution < 1.29 is 9.47 Å². The van der Waals surface area contributed by atoms with Crippen LogP contribution in [0.1, 0.15) is 37.3 Å². The third kappa shape index (κ3) is 5.20. The summed E-state index contributed by atoms with van der Waals surface area (Å²) in [5.41, 5.74) is 3.30. The smallest absolute Gasteiger partial charge is 0.153 e. The van der Waals surface area contributed by atoms with Crippen molar-refractivity contribution in [2.24, 2.45) is 0 Å². The van der Waals surface area contributed by atoms with Crippen molar-refractivity contribution in [3.63, 3.8) is 0 Å². The van der Waals surface area contributed by atoms with E-state index in [1.807, 2.05) is 42.5 Å². The lowest BCUT2D eigenvalue weighted by Gasteiger charge is -2.17. The van der Waals surface area contributed by atoms with Crippen LogP contribution in [-0.4, -0.2) is 16.2 Å². The highest BCUT2D eigenvalue weighted by Gasteiger charge is 2.18. The van der Waals surface area contributed by atoms with Crippen LogP contribution >= 0.6 is 11.6 Å². The first kappa shape index (κ1) is 21.3. The maximum atomic E-state index is 6.23. The molecule has 4 aromatic rings. The number of hydrogen-bond acceptors (Lipinski definition) is 3. The molecule has 31 heavy (non-hydrogen) atoms.